The minimum absolute atomic E-state index is 0.116. The van der Waals surface area contributed by atoms with Crippen molar-refractivity contribution in [2.75, 3.05) is 27.9 Å². The molecule has 1 atom stereocenters. The number of carbonyl (C=O) groups excluding carboxylic acids is 2. The SMILES string of the molecule is CC[C@@H](C(=O)NC1CCCCC1)N(Cc1ccc(OC)cc1)C(=O)COc1cc(OC)cc(OC)c1. The van der Waals surface area contributed by atoms with Crippen LogP contribution in [0.15, 0.2) is 42.5 Å². The van der Waals surface area contributed by atoms with Crippen LogP contribution in [0.5, 0.6) is 23.0 Å². The average molecular weight is 499 g/mol. The summed E-state index contributed by atoms with van der Waals surface area (Å²) in [5.41, 5.74) is 0.899. The Hall–Kier alpha value is -3.42. The van der Waals surface area contributed by atoms with E-state index in [9.17, 15) is 9.59 Å². The van der Waals surface area contributed by atoms with Crippen molar-refractivity contribution < 1.29 is 28.5 Å². The fourth-order valence-corrected chi connectivity index (χ4v) is 4.48. The third kappa shape index (κ3) is 7.54. The monoisotopic (exact) mass is 498 g/mol. The van der Waals surface area contributed by atoms with Gasteiger partial charge in [0.25, 0.3) is 5.91 Å². The van der Waals surface area contributed by atoms with Crippen molar-refractivity contribution in [2.24, 2.45) is 0 Å². The molecule has 0 bridgehead atoms. The topological polar surface area (TPSA) is 86.3 Å². The molecule has 1 aliphatic rings. The van der Waals surface area contributed by atoms with Crippen LogP contribution in [0.1, 0.15) is 51.0 Å². The minimum atomic E-state index is -0.607. The van der Waals surface area contributed by atoms with Crippen molar-refractivity contribution in [2.45, 2.75) is 64.1 Å². The third-order valence-electron chi connectivity index (χ3n) is 6.54. The summed E-state index contributed by atoms with van der Waals surface area (Å²) in [7, 11) is 4.71. The first-order valence-electron chi connectivity index (χ1n) is 12.6. The fourth-order valence-electron chi connectivity index (χ4n) is 4.48. The number of hydrogen-bond donors (Lipinski definition) is 1. The van der Waals surface area contributed by atoms with Gasteiger partial charge < -0.3 is 29.2 Å². The van der Waals surface area contributed by atoms with Gasteiger partial charge in [-0.1, -0.05) is 38.3 Å². The van der Waals surface area contributed by atoms with Gasteiger partial charge in [-0.25, -0.2) is 0 Å². The van der Waals surface area contributed by atoms with E-state index in [-0.39, 0.29) is 31.0 Å². The fraction of sp³-hybridized carbons (Fsp3) is 0.500. The molecule has 1 fully saturated rings. The molecule has 0 spiro atoms. The van der Waals surface area contributed by atoms with E-state index >= 15 is 0 Å². The van der Waals surface area contributed by atoms with Crippen LogP contribution in [-0.4, -0.2) is 56.7 Å². The van der Waals surface area contributed by atoms with Crippen molar-refractivity contribution >= 4 is 11.8 Å². The smallest absolute Gasteiger partial charge is 0.261 e. The molecule has 8 heteroatoms. The molecule has 0 saturated heterocycles. The number of benzene rings is 2. The molecule has 2 amide bonds. The van der Waals surface area contributed by atoms with Crippen molar-refractivity contribution in [3.8, 4) is 23.0 Å². The van der Waals surface area contributed by atoms with Gasteiger partial charge in [0.05, 0.1) is 21.3 Å². The van der Waals surface area contributed by atoms with E-state index in [1.807, 2.05) is 31.2 Å². The van der Waals surface area contributed by atoms with E-state index in [2.05, 4.69) is 5.32 Å². The molecule has 1 saturated carbocycles. The van der Waals surface area contributed by atoms with Crippen LogP contribution >= 0.6 is 0 Å². The second-order valence-corrected chi connectivity index (χ2v) is 8.97. The molecule has 3 rings (SSSR count). The van der Waals surface area contributed by atoms with Crippen LogP contribution in [0.3, 0.4) is 0 Å². The second-order valence-electron chi connectivity index (χ2n) is 8.97. The number of hydrogen-bond acceptors (Lipinski definition) is 6. The summed E-state index contributed by atoms with van der Waals surface area (Å²) in [5, 5.41) is 3.19. The highest BCUT2D eigenvalue weighted by atomic mass is 16.5. The van der Waals surface area contributed by atoms with E-state index in [0.29, 0.717) is 23.7 Å². The van der Waals surface area contributed by atoms with Gasteiger partial charge in [0.1, 0.15) is 29.0 Å². The van der Waals surface area contributed by atoms with Crippen LogP contribution in [0.4, 0.5) is 0 Å². The van der Waals surface area contributed by atoms with Gasteiger partial charge in [0.2, 0.25) is 5.91 Å². The minimum Gasteiger partial charge on any atom is -0.497 e. The average Bonchev–Trinajstić information content (AvgIpc) is 2.92. The van der Waals surface area contributed by atoms with Gasteiger partial charge >= 0.3 is 0 Å². The Morgan fingerprint density at radius 2 is 1.47 bits per heavy atom. The van der Waals surface area contributed by atoms with E-state index < -0.39 is 6.04 Å². The molecule has 0 aromatic heterocycles. The van der Waals surface area contributed by atoms with Crippen molar-refractivity contribution in [1.29, 1.82) is 0 Å². The zero-order valence-electron chi connectivity index (χ0n) is 21.7. The second kappa shape index (κ2) is 13.6. The highest BCUT2D eigenvalue weighted by Gasteiger charge is 2.30. The van der Waals surface area contributed by atoms with Crippen LogP contribution in [-0.2, 0) is 16.1 Å². The lowest BCUT2D eigenvalue weighted by Gasteiger charge is -2.32. The summed E-state index contributed by atoms with van der Waals surface area (Å²) in [5.74, 6) is 1.90. The number of rotatable bonds is 12. The zero-order chi connectivity index (χ0) is 25.9. The van der Waals surface area contributed by atoms with Crippen molar-refractivity contribution in [3.63, 3.8) is 0 Å². The number of methoxy groups -OCH3 is 3. The van der Waals surface area contributed by atoms with Crippen molar-refractivity contribution in [1.82, 2.24) is 10.2 Å². The largest absolute Gasteiger partial charge is 0.497 e. The van der Waals surface area contributed by atoms with E-state index in [1.165, 1.54) is 6.42 Å². The molecule has 196 valence electrons. The van der Waals surface area contributed by atoms with Gasteiger partial charge in [-0.05, 0) is 37.0 Å². The summed E-state index contributed by atoms with van der Waals surface area (Å²) in [6.07, 6.45) is 5.90. The maximum Gasteiger partial charge on any atom is 0.261 e. The molecule has 1 aliphatic carbocycles. The van der Waals surface area contributed by atoms with Gasteiger partial charge in [0.15, 0.2) is 6.61 Å². The Morgan fingerprint density at radius 3 is 2.03 bits per heavy atom. The van der Waals surface area contributed by atoms with Gasteiger partial charge in [-0.3, -0.25) is 9.59 Å². The Kier molecular flexibility index (Phi) is 10.3. The lowest BCUT2D eigenvalue weighted by atomic mass is 9.95. The van der Waals surface area contributed by atoms with E-state index in [4.69, 9.17) is 18.9 Å². The predicted molar refractivity (Wildman–Crippen MR) is 138 cm³/mol. The summed E-state index contributed by atoms with van der Waals surface area (Å²) < 4.78 is 21.7. The Morgan fingerprint density at radius 1 is 0.889 bits per heavy atom. The summed E-state index contributed by atoms with van der Waals surface area (Å²) in [6, 6.07) is 12.2. The molecule has 2 aromatic rings. The number of carbonyl (C=O) groups is 2. The maximum atomic E-state index is 13.5. The molecular formula is C28H38N2O6. The standard InChI is InChI=1S/C28H38N2O6/c1-5-26(28(32)29-21-9-7-6-8-10-21)30(18-20-11-13-22(33-2)14-12-20)27(31)19-36-25-16-23(34-3)15-24(17-25)35-4/h11-17,21,26H,5-10,18-19H2,1-4H3,(H,29,32)/t26-/m0/s1. The maximum absolute atomic E-state index is 13.5. The first kappa shape index (κ1) is 27.2. The molecule has 0 radical (unpaired) electrons. The van der Waals surface area contributed by atoms with Crippen LogP contribution < -0.4 is 24.3 Å². The Balaban J connectivity index is 1.78. The number of ether oxygens (including phenoxy) is 4. The zero-order valence-corrected chi connectivity index (χ0v) is 21.7. The van der Waals surface area contributed by atoms with Gasteiger partial charge in [-0.15, -0.1) is 0 Å². The first-order valence-corrected chi connectivity index (χ1v) is 12.6. The molecule has 0 heterocycles. The van der Waals surface area contributed by atoms with Gasteiger partial charge in [0, 0.05) is 30.8 Å². The Labute approximate surface area is 213 Å². The number of amides is 2. The quantitative estimate of drug-likeness (QED) is 0.468. The lowest BCUT2D eigenvalue weighted by Crippen LogP contribution is -2.52. The molecule has 0 aliphatic heterocycles. The predicted octanol–water partition coefficient (Wildman–Crippen LogP) is 4.35. The molecule has 1 N–H and O–H groups in total. The highest BCUT2D eigenvalue weighted by Crippen LogP contribution is 2.27. The lowest BCUT2D eigenvalue weighted by molar-refractivity contribution is -0.143. The summed E-state index contributed by atoms with van der Waals surface area (Å²) in [6.45, 7) is 1.98. The van der Waals surface area contributed by atoms with E-state index in [0.717, 1.165) is 37.0 Å². The van der Waals surface area contributed by atoms with E-state index in [1.54, 1.807) is 44.4 Å². The molecule has 36 heavy (non-hydrogen) atoms. The third-order valence-corrected chi connectivity index (χ3v) is 6.54. The molecule has 0 unspecified atom stereocenters. The normalized spacial score (nSPS) is 14.4. The Bertz CT molecular complexity index is 966. The van der Waals surface area contributed by atoms with Crippen LogP contribution in [0.25, 0.3) is 0 Å². The van der Waals surface area contributed by atoms with Crippen LogP contribution in [0.2, 0.25) is 0 Å². The summed E-state index contributed by atoms with van der Waals surface area (Å²) in [4.78, 5) is 28.4. The summed E-state index contributed by atoms with van der Waals surface area (Å²) >= 11 is 0. The number of nitrogens with one attached hydrogen (secondary N) is 1. The molecule has 2 aromatic carbocycles. The first-order chi connectivity index (χ1) is 17.5. The highest BCUT2D eigenvalue weighted by molar-refractivity contribution is 5.88. The van der Waals surface area contributed by atoms with Crippen LogP contribution in [0, 0.1) is 0 Å². The number of nitrogens with zero attached hydrogens (tertiary/aromatic N) is 1. The molecule has 8 nitrogen and oxygen atoms in total. The van der Waals surface area contributed by atoms with Gasteiger partial charge in [-0.2, -0.15) is 0 Å². The van der Waals surface area contributed by atoms with Crippen molar-refractivity contribution in [3.05, 3.63) is 48.0 Å². The molecular weight excluding hydrogens is 460 g/mol.